The molecule has 0 radical (unpaired) electrons. The molecule has 1 fully saturated rings. The van der Waals surface area contributed by atoms with Crippen LogP contribution in [-0.2, 0) is 0 Å². The predicted molar refractivity (Wildman–Crippen MR) is 128 cm³/mol. The van der Waals surface area contributed by atoms with Gasteiger partial charge in [0.25, 0.3) is 0 Å². The van der Waals surface area contributed by atoms with Crippen molar-refractivity contribution in [1.82, 2.24) is 20.6 Å². The third-order valence-electron chi connectivity index (χ3n) is 5.61. The summed E-state index contributed by atoms with van der Waals surface area (Å²) in [7, 11) is 1.94. The van der Waals surface area contributed by atoms with Crippen LogP contribution in [0, 0.1) is 0 Å². The Bertz CT molecular complexity index is 848. The molecule has 5 nitrogen and oxygen atoms in total. The molecule has 0 aromatic carbocycles. The molecule has 0 bridgehead atoms. The normalized spacial score (nSPS) is 21.7. The second kappa shape index (κ2) is 10.3. The molecule has 0 amide bonds. The van der Waals surface area contributed by atoms with E-state index in [2.05, 4.69) is 71.3 Å². The van der Waals surface area contributed by atoms with Crippen LogP contribution in [0.15, 0.2) is 35.6 Å². The Morgan fingerprint density at radius 3 is 3.03 bits per heavy atom. The van der Waals surface area contributed by atoms with Crippen molar-refractivity contribution in [2.75, 3.05) is 19.5 Å². The second-order valence-electron chi connectivity index (χ2n) is 8.08. The van der Waals surface area contributed by atoms with Crippen molar-refractivity contribution in [3.8, 4) is 0 Å². The molecular formula is C23H35N5S. The second-order valence-corrected chi connectivity index (χ2v) is 9.68. The number of aromatic nitrogens is 2. The Hall–Kier alpha value is -1.79. The summed E-state index contributed by atoms with van der Waals surface area (Å²) >= 11 is 2.06. The number of amidine groups is 1. The summed E-state index contributed by atoms with van der Waals surface area (Å²) in [6.45, 7) is 7.48. The summed E-state index contributed by atoms with van der Waals surface area (Å²) in [5.41, 5.74) is 3.54. The zero-order chi connectivity index (χ0) is 20.7. The van der Waals surface area contributed by atoms with Gasteiger partial charge < -0.3 is 15.6 Å². The van der Waals surface area contributed by atoms with E-state index < -0.39 is 0 Å². The van der Waals surface area contributed by atoms with E-state index in [1.54, 1.807) is 0 Å². The smallest absolute Gasteiger partial charge is 0.137 e. The topological polar surface area (TPSA) is 65.1 Å². The maximum Gasteiger partial charge on any atom is 0.137 e. The lowest BCUT2D eigenvalue weighted by Gasteiger charge is -2.28. The fourth-order valence-corrected chi connectivity index (χ4v) is 5.32. The fourth-order valence-electron chi connectivity index (χ4n) is 3.97. The highest BCUT2D eigenvalue weighted by Gasteiger charge is 2.35. The van der Waals surface area contributed by atoms with Crippen LogP contribution in [0.3, 0.4) is 0 Å². The van der Waals surface area contributed by atoms with Crippen LogP contribution in [-0.4, -0.2) is 46.1 Å². The van der Waals surface area contributed by atoms with Gasteiger partial charge in [0.05, 0.1) is 6.67 Å². The van der Waals surface area contributed by atoms with Crippen molar-refractivity contribution in [2.24, 2.45) is 4.99 Å². The Morgan fingerprint density at radius 2 is 2.31 bits per heavy atom. The number of H-pyrrole nitrogens is 1. The molecule has 158 valence electrons. The van der Waals surface area contributed by atoms with Gasteiger partial charge >= 0.3 is 0 Å². The van der Waals surface area contributed by atoms with E-state index in [1.807, 2.05) is 19.4 Å². The zero-order valence-electron chi connectivity index (χ0n) is 18.2. The average Bonchev–Trinajstić information content (AvgIpc) is 3.37. The Labute approximate surface area is 179 Å². The summed E-state index contributed by atoms with van der Waals surface area (Å²) in [5, 5.41) is 8.01. The van der Waals surface area contributed by atoms with E-state index in [-0.39, 0.29) is 4.75 Å². The van der Waals surface area contributed by atoms with Gasteiger partial charge in [0.1, 0.15) is 11.5 Å². The number of rotatable bonds is 9. The molecule has 2 atom stereocenters. The molecule has 3 rings (SSSR count). The average molecular weight is 414 g/mol. The molecule has 2 aromatic heterocycles. The number of nitrogens with zero attached hydrogens (tertiary/aromatic N) is 2. The largest absolute Gasteiger partial charge is 0.368 e. The van der Waals surface area contributed by atoms with Crippen LogP contribution in [0.5, 0.6) is 0 Å². The molecule has 6 heteroatoms. The van der Waals surface area contributed by atoms with Crippen molar-refractivity contribution in [1.29, 1.82) is 0 Å². The lowest BCUT2D eigenvalue weighted by Crippen LogP contribution is -2.33. The summed E-state index contributed by atoms with van der Waals surface area (Å²) in [4.78, 5) is 12.6. The molecule has 29 heavy (non-hydrogen) atoms. The molecule has 1 aliphatic heterocycles. The molecule has 1 saturated heterocycles. The van der Waals surface area contributed by atoms with Gasteiger partial charge in [0, 0.05) is 28.6 Å². The van der Waals surface area contributed by atoms with Crippen molar-refractivity contribution >= 4 is 34.2 Å². The van der Waals surface area contributed by atoms with E-state index in [1.165, 1.54) is 48.0 Å². The first-order chi connectivity index (χ1) is 14.1. The van der Waals surface area contributed by atoms with Crippen molar-refractivity contribution in [3.05, 3.63) is 36.2 Å². The van der Waals surface area contributed by atoms with E-state index in [4.69, 9.17) is 4.99 Å². The third-order valence-corrected chi connectivity index (χ3v) is 7.17. The highest BCUT2D eigenvalue weighted by atomic mass is 32.2. The SMILES string of the molecule is CCCCC(C)NC(/C=C(\c1ccnc2[nH]ccc12)C1(C)CCCS1)=N/CNC. The Morgan fingerprint density at radius 1 is 1.45 bits per heavy atom. The molecule has 1 aliphatic rings. The van der Waals surface area contributed by atoms with Gasteiger partial charge in [-0.25, -0.2) is 4.98 Å². The van der Waals surface area contributed by atoms with Gasteiger partial charge in [-0.2, -0.15) is 11.8 Å². The Kier molecular flexibility index (Phi) is 7.78. The molecular weight excluding hydrogens is 378 g/mol. The number of hydrogen-bond donors (Lipinski definition) is 3. The summed E-state index contributed by atoms with van der Waals surface area (Å²) < 4.78 is 0.0836. The lowest BCUT2D eigenvalue weighted by atomic mass is 9.88. The number of fused-ring (bicyclic) bond motifs is 1. The van der Waals surface area contributed by atoms with E-state index in [0.29, 0.717) is 12.7 Å². The summed E-state index contributed by atoms with van der Waals surface area (Å²) in [6.07, 6.45) is 12.2. The Balaban J connectivity index is 2.03. The highest BCUT2D eigenvalue weighted by molar-refractivity contribution is 8.01. The molecule has 0 saturated carbocycles. The van der Waals surface area contributed by atoms with Gasteiger partial charge in [-0.05, 0) is 75.3 Å². The van der Waals surface area contributed by atoms with E-state index in [0.717, 1.165) is 17.9 Å². The van der Waals surface area contributed by atoms with Gasteiger partial charge in [-0.3, -0.25) is 4.99 Å². The number of unbranched alkanes of at least 4 members (excludes halogenated alkanes) is 1. The number of pyridine rings is 1. The molecule has 3 N–H and O–H groups in total. The van der Waals surface area contributed by atoms with Crippen LogP contribution in [0.25, 0.3) is 16.6 Å². The number of aromatic amines is 1. The van der Waals surface area contributed by atoms with Crippen molar-refractivity contribution in [3.63, 3.8) is 0 Å². The molecule has 3 heterocycles. The van der Waals surface area contributed by atoms with Crippen LogP contribution in [0.1, 0.15) is 58.4 Å². The van der Waals surface area contributed by atoms with Crippen LogP contribution < -0.4 is 10.6 Å². The number of hydrogen-bond acceptors (Lipinski definition) is 4. The maximum atomic E-state index is 4.81. The standard InChI is InChI=1S/C23H35N5S/c1-5-6-8-17(2)28-21(27-16-24-4)15-20(23(3)11-7-14-29-23)18-9-12-25-22-19(18)10-13-26-22/h9-10,12-13,15,17,24H,5-8,11,14,16H2,1-4H3,(H,25,26)(H,27,28)/b20-15+. The minimum atomic E-state index is 0.0836. The van der Waals surface area contributed by atoms with E-state index >= 15 is 0 Å². The highest BCUT2D eigenvalue weighted by Crippen LogP contribution is 2.48. The van der Waals surface area contributed by atoms with Crippen LogP contribution >= 0.6 is 11.8 Å². The minimum absolute atomic E-state index is 0.0836. The van der Waals surface area contributed by atoms with Gasteiger partial charge in [-0.15, -0.1) is 0 Å². The lowest BCUT2D eigenvalue weighted by molar-refractivity contribution is 0.570. The first kappa shape index (κ1) is 21.9. The predicted octanol–water partition coefficient (Wildman–Crippen LogP) is 4.98. The molecule has 2 aromatic rings. The van der Waals surface area contributed by atoms with Crippen LogP contribution in [0.2, 0.25) is 0 Å². The van der Waals surface area contributed by atoms with Gasteiger partial charge in [0.15, 0.2) is 0 Å². The number of thioether (sulfide) groups is 1. The quantitative estimate of drug-likeness (QED) is 0.401. The summed E-state index contributed by atoms with van der Waals surface area (Å²) in [5.74, 6) is 2.17. The van der Waals surface area contributed by atoms with Crippen LogP contribution in [0.4, 0.5) is 0 Å². The molecule has 2 unspecified atom stereocenters. The zero-order valence-corrected chi connectivity index (χ0v) is 19.0. The minimum Gasteiger partial charge on any atom is -0.368 e. The number of aliphatic imine (C=N–C) groups is 1. The van der Waals surface area contributed by atoms with Crippen molar-refractivity contribution < 1.29 is 0 Å². The first-order valence-corrected chi connectivity index (χ1v) is 11.8. The third kappa shape index (κ3) is 5.43. The monoisotopic (exact) mass is 413 g/mol. The maximum absolute atomic E-state index is 4.81. The molecule has 0 aliphatic carbocycles. The number of nitrogens with one attached hydrogen (secondary N) is 3. The first-order valence-electron chi connectivity index (χ1n) is 10.8. The fraction of sp³-hybridized carbons (Fsp3) is 0.565. The van der Waals surface area contributed by atoms with Gasteiger partial charge in [0.2, 0.25) is 0 Å². The van der Waals surface area contributed by atoms with Gasteiger partial charge in [-0.1, -0.05) is 19.8 Å². The molecule has 0 spiro atoms. The summed E-state index contributed by atoms with van der Waals surface area (Å²) in [6, 6.07) is 4.69. The van der Waals surface area contributed by atoms with E-state index in [9.17, 15) is 0 Å². The van der Waals surface area contributed by atoms with Crippen molar-refractivity contribution in [2.45, 2.75) is 63.7 Å².